The van der Waals surface area contributed by atoms with Crippen LogP contribution in [0.25, 0.3) is 0 Å². The van der Waals surface area contributed by atoms with E-state index in [9.17, 15) is 0 Å². The van der Waals surface area contributed by atoms with Crippen molar-refractivity contribution >= 4 is 0 Å². The van der Waals surface area contributed by atoms with Gasteiger partial charge in [0.2, 0.25) is 0 Å². The van der Waals surface area contributed by atoms with Gasteiger partial charge in [0, 0.05) is 0 Å². The first-order chi connectivity index (χ1) is 14.3. The number of hydrogen-bond donors (Lipinski definition) is 0. The Hall–Kier alpha value is -1.34. The molecule has 29 heavy (non-hydrogen) atoms. The molecule has 2 aliphatic carbocycles. The highest BCUT2D eigenvalue weighted by molar-refractivity contribution is 5.25. The molecular weight excluding hydrogens is 352 g/mol. The van der Waals surface area contributed by atoms with Crippen LogP contribution >= 0.6 is 0 Å². The van der Waals surface area contributed by atoms with Crippen LogP contribution in [0.2, 0.25) is 0 Å². The predicted octanol–water partition coefficient (Wildman–Crippen LogP) is 8.22. The van der Waals surface area contributed by atoms with Gasteiger partial charge in [0.15, 0.2) is 0 Å². The second-order valence-corrected chi connectivity index (χ2v) is 9.35. The summed E-state index contributed by atoms with van der Waals surface area (Å²) in [5.74, 6) is 3.75. The lowest BCUT2D eigenvalue weighted by atomic mass is 9.68. The van der Waals surface area contributed by atoms with Gasteiger partial charge in [0.05, 0.1) is 13.2 Å². The van der Waals surface area contributed by atoms with Gasteiger partial charge in [-0.3, -0.25) is 0 Å². The first kappa shape index (κ1) is 22.3. The Bertz CT molecular complexity index is 610. The number of benzene rings is 1. The van der Waals surface area contributed by atoms with Crippen LogP contribution in [0, 0.1) is 17.8 Å². The number of ether oxygens (including phenoxy) is 1. The molecule has 0 atom stereocenters. The average molecular weight is 395 g/mol. The maximum absolute atomic E-state index is 5.76. The summed E-state index contributed by atoms with van der Waals surface area (Å²) in [6.45, 7) is 5.76. The van der Waals surface area contributed by atoms with Gasteiger partial charge in [-0.25, -0.2) is 0 Å². The first-order valence-electron chi connectivity index (χ1n) is 12.2. The van der Waals surface area contributed by atoms with Gasteiger partial charge in [-0.15, -0.1) is 0 Å². The largest absolute Gasteiger partial charge is 0.376 e. The second kappa shape index (κ2) is 12.4. The molecule has 1 aromatic carbocycles. The summed E-state index contributed by atoms with van der Waals surface area (Å²) in [6.07, 6.45) is 22.7. The van der Waals surface area contributed by atoms with Crippen molar-refractivity contribution in [2.45, 2.75) is 90.6 Å². The van der Waals surface area contributed by atoms with E-state index in [1.807, 2.05) is 0 Å². The minimum atomic E-state index is 0.737. The van der Waals surface area contributed by atoms with Gasteiger partial charge < -0.3 is 4.74 Å². The lowest BCUT2D eigenvalue weighted by molar-refractivity contribution is 0.125. The van der Waals surface area contributed by atoms with E-state index in [4.69, 9.17) is 4.74 Å². The zero-order chi connectivity index (χ0) is 20.3. The van der Waals surface area contributed by atoms with Gasteiger partial charge in [0.1, 0.15) is 0 Å². The highest BCUT2D eigenvalue weighted by Gasteiger charge is 2.30. The van der Waals surface area contributed by atoms with Crippen LogP contribution in [-0.2, 0) is 11.3 Å². The molecular formula is C28H42O. The van der Waals surface area contributed by atoms with Crippen molar-refractivity contribution in [1.82, 2.24) is 0 Å². The molecule has 0 bridgehead atoms. The SMILES string of the molecule is CC=CCCOCc1ccc(C2CCC(C3CCC(CC=CC)CC3)CC2)cc1. The monoisotopic (exact) mass is 394 g/mol. The molecule has 0 amide bonds. The van der Waals surface area contributed by atoms with Crippen molar-refractivity contribution in [2.75, 3.05) is 6.61 Å². The topological polar surface area (TPSA) is 9.23 Å². The fourth-order valence-corrected chi connectivity index (χ4v) is 5.54. The van der Waals surface area contributed by atoms with Crippen LogP contribution in [0.3, 0.4) is 0 Å². The third kappa shape index (κ3) is 7.14. The van der Waals surface area contributed by atoms with Crippen LogP contribution in [0.5, 0.6) is 0 Å². The van der Waals surface area contributed by atoms with Gasteiger partial charge in [0.25, 0.3) is 0 Å². The summed E-state index contributed by atoms with van der Waals surface area (Å²) >= 11 is 0. The van der Waals surface area contributed by atoms with Crippen molar-refractivity contribution in [3.63, 3.8) is 0 Å². The minimum Gasteiger partial charge on any atom is -0.376 e. The number of hydrogen-bond acceptors (Lipinski definition) is 1. The Morgan fingerprint density at radius 1 is 0.793 bits per heavy atom. The zero-order valence-electron chi connectivity index (χ0n) is 18.8. The minimum absolute atomic E-state index is 0.737. The third-order valence-electron chi connectivity index (χ3n) is 7.42. The van der Waals surface area contributed by atoms with Crippen LogP contribution < -0.4 is 0 Å². The van der Waals surface area contributed by atoms with E-state index in [-0.39, 0.29) is 0 Å². The molecule has 0 aliphatic heterocycles. The fourth-order valence-electron chi connectivity index (χ4n) is 5.54. The van der Waals surface area contributed by atoms with Gasteiger partial charge in [-0.1, -0.05) is 48.6 Å². The Morgan fingerprint density at radius 3 is 2.03 bits per heavy atom. The van der Waals surface area contributed by atoms with Crippen LogP contribution in [0.4, 0.5) is 0 Å². The van der Waals surface area contributed by atoms with Crippen molar-refractivity contribution in [3.8, 4) is 0 Å². The molecule has 0 aromatic heterocycles. The highest BCUT2D eigenvalue weighted by Crippen LogP contribution is 2.44. The summed E-state index contributed by atoms with van der Waals surface area (Å²) in [5, 5.41) is 0. The maximum Gasteiger partial charge on any atom is 0.0717 e. The second-order valence-electron chi connectivity index (χ2n) is 9.35. The van der Waals surface area contributed by atoms with E-state index >= 15 is 0 Å². The van der Waals surface area contributed by atoms with Crippen molar-refractivity contribution < 1.29 is 4.74 Å². The van der Waals surface area contributed by atoms with E-state index in [0.717, 1.165) is 43.3 Å². The molecule has 160 valence electrons. The molecule has 1 nitrogen and oxygen atoms in total. The number of rotatable bonds is 9. The lowest BCUT2D eigenvalue weighted by Gasteiger charge is -2.38. The van der Waals surface area contributed by atoms with Crippen LogP contribution in [-0.4, -0.2) is 6.61 Å². The zero-order valence-corrected chi connectivity index (χ0v) is 18.8. The number of allylic oxidation sites excluding steroid dienone is 3. The van der Waals surface area contributed by atoms with Crippen molar-refractivity contribution in [2.24, 2.45) is 17.8 Å². The van der Waals surface area contributed by atoms with E-state index in [1.54, 1.807) is 5.56 Å². The molecule has 2 fully saturated rings. The summed E-state index contributed by atoms with van der Waals surface area (Å²) in [6, 6.07) is 9.29. The summed E-state index contributed by atoms with van der Waals surface area (Å²) in [4.78, 5) is 0. The Morgan fingerprint density at radius 2 is 1.41 bits per heavy atom. The Kier molecular flexibility index (Phi) is 9.54. The van der Waals surface area contributed by atoms with Crippen LogP contribution in [0.1, 0.15) is 95.1 Å². The molecule has 3 rings (SSSR count). The van der Waals surface area contributed by atoms with E-state index < -0.39 is 0 Å². The smallest absolute Gasteiger partial charge is 0.0717 e. The van der Waals surface area contributed by atoms with Crippen molar-refractivity contribution in [1.29, 1.82) is 0 Å². The Balaban J connectivity index is 1.38. The molecule has 0 radical (unpaired) electrons. The van der Waals surface area contributed by atoms with E-state index in [1.165, 1.54) is 63.4 Å². The standard InChI is InChI=1S/C28H42O/c1-3-5-7-21-29-22-24-11-15-26(16-12-24)28-19-17-27(18-20-28)25-13-9-23(10-14-25)8-6-4-2/h3-6,11-12,15-16,23,25,27-28H,7-10,13-14,17-22H2,1-2H3. The molecule has 1 heteroatoms. The molecule has 0 saturated heterocycles. The molecule has 0 heterocycles. The molecule has 0 unspecified atom stereocenters. The first-order valence-corrected chi connectivity index (χ1v) is 12.2. The Labute approximate surface area is 179 Å². The molecule has 2 aliphatic rings. The molecule has 0 spiro atoms. The lowest BCUT2D eigenvalue weighted by Crippen LogP contribution is -2.25. The third-order valence-corrected chi connectivity index (χ3v) is 7.42. The predicted molar refractivity (Wildman–Crippen MR) is 125 cm³/mol. The van der Waals surface area contributed by atoms with Gasteiger partial charge in [-0.05, 0) is 113 Å². The average Bonchev–Trinajstić information content (AvgIpc) is 2.78. The fraction of sp³-hybridized carbons (Fsp3) is 0.643. The summed E-state index contributed by atoms with van der Waals surface area (Å²) < 4.78 is 5.76. The maximum atomic E-state index is 5.76. The van der Waals surface area contributed by atoms with Gasteiger partial charge >= 0.3 is 0 Å². The van der Waals surface area contributed by atoms with E-state index in [2.05, 4.69) is 62.4 Å². The quantitative estimate of drug-likeness (QED) is 0.303. The molecule has 0 N–H and O–H groups in total. The summed E-state index contributed by atoms with van der Waals surface area (Å²) in [7, 11) is 0. The highest BCUT2D eigenvalue weighted by atomic mass is 16.5. The van der Waals surface area contributed by atoms with Crippen molar-refractivity contribution in [3.05, 3.63) is 59.7 Å². The molecule has 1 aromatic rings. The molecule has 2 saturated carbocycles. The van der Waals surface area contributed by atoms with Gasteiger partial charge in [-0.2, -0.15) is 0 Å². The van der Waals surface area contributed by atoms with E-state index in [0.29, 0.717) is 0 Å². The van der Waals surface area contributed by atoms with Crippen LogP contribution in [0.15, 0.2) is 48.6 Å². The normalized spacial score (nSPS) is 28.3. The summed E-state index contributed by atoms with van der Waals surface area (Å²) in [5.41, 5.74) is 2.86.